The van der Waals surface area contributed by atoms with Crippen molar-refractivity contribution in [3.05, 3.63) is 29.5 Å². The fraction of sp³-hybridized carbons (Fsp3) is 0.308. The quantitative estimate of drug-likeness (QED) is 0.779. The molecule has 0 spiro atoms. The second-order valence-corrected chi connectivity index (χ2v) is 4.94. The first-order chi connectivity index (χ1) is 10.9. The number of alkyl halides is 2. The first-order valence-corrected chi connectivity index (χ1v) is 6.62. The summed E-state index contributed by atoms with van der Waals surface area (Å²) >= 11 is 0. The summed E-state index contributed by atoms with van der Waals surface area (Å²) < 4.78 is 29.1. The molecule has 0 aromatic carbocycles. The molecule has 0 fully saturated rings. The zero-order valence-corrected chi connectivity index (χ0v) is 12.2. The highest BCUT2D eigenvalue weighted by Crippen LogP contribution is 2.26. The Kier molecular flexibility index (Phi) is 3.51. The maximum absolute atomic E-state index is 13.3. The average molecular weight is 322 g/mol. The molecule has 0 saturated carbocycles. The number of nitrogens with zero attached hydrogens (tertiary/aromatic N) is 6. The van der Waals surface area contributed by atoms with Crippen molar-refractivity contribution in [1.29, 1.82) is 0 Å². The van der Waals surface area contributed by atoms with Crippen LogP contribution in [0.4, 0.5) is 8.78 Å². The van der Waals surface area contributed by atoms with Crippen molar-refractivity contribution in [2.75, 3.05) is 0 Å². The molecule has 8 nitrogen and oxygen atoms in total. The Morgan fingerprint density at radius 3 is 2.70 bits per heavy atom. The van der Waals surface area contributed by atoms with Gasteiger partial charge >= 0.3 is 5.97 Å². The summed E-state index contributed by atoms with van der Waals surface area (Å²) in [5.41, 5.74) is 1.23. The van der Waals surface area contributed by atoms with Gasteiger partial charge in [0.15, 0.2) is 5.82 Å². The molecule has 0 radical (unpaired) electrons. The number of fused-ring (bicyclic) bond motifs is 1. The van der Waals surface area contributed by atoms with Crippen LogP contribution in [0.5, 0.6) is 0 Å². The SMILES string of the molecule is Cc1c(-c2cc(C(F)F)n3nc(CC(=O)O)nc3n2)cnn1C. The van der Waals surface area contributed by atoms with Crippen molar-refractivity contribution in [1.82, 2.24) is 29.4 Å². The van der Waals surface area contributed by atoms with E-state index in [0.717, 1.165) is 10.2 Å². The fourth-order valence-corrected chi connectivity index (χ4v) is 2.19. The number of halogens is 2. The van der Waals surface area contributed by atoms with E-state index in [-0.39, 0.29) is 17.3 Å². The van der Waals surface area contributed by atoms with Gasteiger partial charge in [0, 0.05) is 18.3 Å². The molecule has 1 N–H and O–H groups in total. The van der Waals surface area contributed by atoms with Gasteiger partial charge in [0.2, 0.25) is 0 Å². The monoisotopic (exact) mass is 322 g/mol. The van der Waals surface area contributed by atoms with Crippen molar-refractivity contribution in [2.24, 2.45) is 7.05 Å². The van der Waals surface area contributed by atoms with E-state index in [1.165, 1.54) is 12.3 Å². The number of aromatic nitrogens is 6. The van der Waals surface area contributed by atoms with E-state index < -0.39 is 24.5 Å². The lowest BCUT2D eigenvalue weighted by Crippen LogP contribution is -2.04. The second kappa shape index (κ2) is 5.38. The van der Waals surface area contributed by atoms with Crippen molar-refractivity contribution in [3.8, 4) is 11.3 Å². The molecule has 3 aromatic heterocycles. The zero-order valence-electron chi connectivity index (χ0n) is 12.2. The highest BCUT2D eigenvalue weighted by molar-refractivity contribution is 5.69. The number of carboxylic acids is 1. The first-order valence-electron chi connectivity index (χ1n) is 6.62. The Labute approximate surface area is 128 Å². The molecule has 3 aromatic rings. The molecule has 0 atom stereocenters. The van der Waals surface area contributed by atoms with Gasteiger partial charge in [0.1, 0.15) is 12.1 Å². The van der Waals surface area contributed by atoms with Gasteiger partial charge in [-0.05, 0) is 13.0 Å². The van der Waals surface area contributed by atoms with Crippen molar-refractivity contribution in [2.45, 2.75) is 19.8 Å². The first kappa shape index (κ1) is 15.0. The lowest BCUT2D eigenvalue weighted by molar-refractivity contribution is -0.136. The lowest BCUT2D eigenvalue weighted by Gasteiger charge is -2.06. The maximum atomic E-state index is 13.3. The van der Waals surface area contributed by atoms with Crippen molar-refractivity contribution in [3.63, 3.8) is 0 Å². The van der Waals surface area contributed by atoms with Gasteiger partial charge in [-0.15, -0.1) is 5.10 Å². The van der Waals surface area contributed by atoms with Crippen molar-refractivity contribution < 1.29 is 18.7 Å². The van der Waals surface area contributed by atoms with Gasteiger partial charge in [-0.2, -0.15) is 14.6 Å². The third-order valence-corrected chi connectivity index (χ3v) is 3.43. The number of hydrogen-bond donors (Lipinski definition) is 1. The van der Waals surface area contributed by atoms with Crippen LogP contribution >= 0.6 is 0 Å². The summed E-state index contributed by atoms with van der Waals surface area (Å²) in [5.74, 6) is -1.30. The summed E-state index contributed by atoms with van der Waals surface area (Å²) in [6.45, 7) is 1.79. The number of aliphatic carboxylic acids is 1. The Morgan fingerprint density at radius 1 is 1.39 bits per heavy atom. The third kappa shape index (κ3) is 2.62. The lowest BCUT2D eigenvalue weighted by atomic mass is 10.1. The van der Waals surface area contributed by atoms with Crippen LogP contribution in [-0.4, -0.2) is 40.4 Å². The molecule has 0 aliphatic carbocycles. The topological polar surface area (TPSA) is 98.2 Å². The predicted octanol–water partition coefficient (Wildman–Crippen LogP) is 1.40. The molecule has 0 aliphatic rings. The minimum absolute atomic E-state index is 0.0719. The molecule has 3 heterocycles. The highest BCUT2D eigenvalue weighted by atomic mass is 19.3. The Morgan fingerprint density at radius 2 is 2.13 bits per heavy atom. The van der Waals surface area contributed by atoms with Gasteiger partial charge in [0.25, 0.3) is 12.2 Å². The minimum atomic E-state index is -2.81. The van der Waals surface area contributed by atoms with Crippen LogP contribution in [0.1, 0.15) is 23.6 Å². The summed E-state index contributed by atoms with van der Waals surface area (Å²) in [4.78, 5) is 18.8. The summed E-state index contributed by atoms with van der Waals surface area (Å²) in [6.07, 6.45) is -1.75. The Bertz CT molecular complexity index is 901. The third-order valence-electron chi connectivity index (χ3n) is 3.43. The van der Waals surface area contributed by atoms with E-state index >= 15 is 0 Å². The summed E-state index contributed by atoms with van der Waals surface area (Å²) in [6, 6.07) is 1.21. The van der Waals surface area contributed by atoms with Gasteiger partial charge in [-0.25, -0.2) is 13.8 Å². The predicted molar refractivity (Wildman–Crippen MR) is 74.0 cm³/mol. The van der Waals surface area contributed by atoms with Gasteiger partial charge in [0.05, 0.1) is 11.9 Å². The number of carboxylic acid groups (broad SMARTS) is 1. The maximum Gasteiger partial charge on any atom is 0.311 e. The van der Waals surface area contributed by atoms with E-state index in [1.807, 2.05) is 0 Å². The molecular weight excluding hydrogens is 310 g/mol. The molecule has 0 amide bonds. The Balaban J connectivity index is 2.21. The van der Waals surface area contributed by atoms with Gasteiger partial charge in [-0.1, -0.05) is 0 Å². The average Bonchev–Trinajstić information content (AvgIpc) is 3.00. The van der Waals surface area contributed by atoms with Crippen LogP contribution in [-0.2, 0) is 18.3 Å². The minimum Gasteiger partial charge on any atom is -0.481 e. The Hall–Kier alpha value is -2.91. The molecule has 0 bridgehead atoms. The number of hydrogen-bond acceptors (Lipinski definition) is 5. The molecular formula is C13H12F2N6O2. The van der Waals surface area contributed by atoms with Gasteiger partial charge in [-0.3, -0.25) is 9.48 Å². The van der Waals surface area contributed by atoms with Crippen molar-refractivity contribution >= 4 is 11.7 Å². The molecule has 0 unspecified atom stereocenters. The van der Waals surface area contributed by atoms with Crippen LogP contribution in [0, 0.1) is 6.92 Å². The number of carbonyl (C=O) groups is 1. The van der Waals surface area contributed by atoms with E-state index in [2.05, 4.69) is 20.2 Å². The number of aryl methyl sites for hydroxylation is 1. The zero-order chi connectivity index (χ0) is 16.7. The fourth-order valence-electron chi connectivity index (χ4n) is 2.19. The van der Waals surface area contributed by atoms with E-state index in [0.29, 0.717) is 5.56 Å². The molecule has 120 valence electrons. The van der Waals surface area contributed by atoms with E-state index in [4.69, 9.17) is 5.11 Å². The molecule has 0 aliphatic heterocycles. The molecule has 23 heavy (non-hydrogen) atoms. The standard InChI is InChI=1S/C13H12F2N6O2/c1-6-7(5-16-20(6)2)8-3-9(12(14)15)21-13(17-8)18-10(19-21)4-11(22)23/h3,5,12H,4H2,1-2H3,(H,22,23). The summed E-state index contributed by atoms with van der Waals surface area (Å²) in [7, 11) is 1.73. The van der Waals surface area contributed by atoms with Gasteiger partial charge < -0.3 is 5.11 Å². The smallest absolute Gasteiger partial charge is 0.311 e. The summed E-state index contributed by atoms with van der Waals surface area (Å²) in [5, 5.41) is 16.6. The molecule has 0 saturated heterocycles. The molecule has 10 heteroatoms. The van der Waals surface area contributed by atoms with Crippen LogP contribution in [0.3, 0.4) is 0 Å². The normalized spacial score (nSPS) is 11.5. The highest BCUT2D eigenvalue weighted by Gasteiger charge is 2.20. The molecule has 3 rings (SSSR count). The second-order valence-electron chi connectivity index (χ2n) is 4.94. The van der Waals surface area contributed by atoms with E-state index in [9.17, 15) is 13.6 Å². The van der Waals surface area contributed by atoms with Crippen LogP contribution in [0.15, 0.2) is 12.3 Å². The van der Waals surface area contributed by atoms with E-state index in [1.54, 1.807) is 18.7 Å². The number of rotatable bonds is 4. The largest absolute Gasteiger partial charge is 0.481 e. The van der Waals surface area contributed by atoms with Crippen LogP contribution < -0.4 is 0 Å². The van der Waals surface area contributed by atoms with Crippen LogP contribution in [0.2, 0.25) is 0 Å². The van der Waals surface area contributed by atoms with Crippen LogP contribution in [0.25, 0.3) is 17.0 Å².